The number of thioether (sulfide) groups is 1. The number of hydrogen-bond donors (Lipinski definition) is 0. The monoisotopic (exact) mass is 361 g/mol. The summed E-state index contributed by atoms with van der Waals surface area (Å²) >= 11 is 3.19. The molecule has 0 aliphatic carbocycles. The van der Waals surface area contributed by atoms with Crippen molar-refractivity contribution in [3.8, 4) is 5.75 Å². The zero-order valence-corrected chi connectivity index (χ0v) is 15.5. The lowest BCUT2D eigenvalue weighted by Gasteiger charge is -2.03. The number of aryl methyl sites for hydroxylation is 1. The van der Waals surface area contributed by atoms with E-state index in [1.807, 2.05) is 31.2 Å². The summed E-state index contributed by atoms with van der Waals surface area (Å²) < 4.78 is 11.3. The Bertz CT molecular complexity index is 798. The van der Waals surface area contributed by atoms with Crippen molar-refractivity contribution in [3.63, 3.8) is 0 Å². The smallest absolute Gasteiger partial charge is 0.277 e. The van der Waals surface area contributed by atoms with Crippen LogP contribution in [0.2, 0.25) is 0 Å². The number of ether oxygens (including phenoxy) is 1. The highest BCUT2D eigenvalue weighted by Gasteiger charge is 2.10. The molecule has 0 spiro atoms. The zero-order valence-electron chi connectivity index (χ0n) is 13.9. The molecule has 1 aromatic carbocycles. The fourth-order valence-corrected chi connectivity index (χ4v) is 3.61. The zero-order chi connectivity index (χ0) is 16.9. The van der Waals surface area contributed by atoms with Gasteiger partial charge in [0.1, 0.15) is 5.75 Å². The summed E-state index contributed by atoms with van der Waals surface area (Å²) in [6, 6.07) is 7.87. The van der Waals surface area contributed by atoms with E-state index in [1.54, 1.807) is 11.3 Å². The fraction of sp³-hybridized carbons (Fsp3) is 0.353. The summed E-state index contributed by atoms with van der Waals surface area (Å²) in [5.74, 6) is 2.46. The maximum atomic E-state index is 5.66. The molecule has 0 unspecified atom stereocenters. The Hall–Kier alpha value is -1.86. The van der Waals surface area contributed by atoms with Crippen molar-refractivity contribution in [1.29, 1.82) is 0 Å². The van der Waals surface area contributed by atoms with Crippen LogP contribution in [-0.2, 0) is 12.4 Å². The lowest BCUT2D eigenvalue weighted by Crippen LogP contribution is -1.95. The lowest BCUT2D eigenvalue weighted by molar-refractivity contribution is 0.252. The Kier molecular flexibility index (Phi) is 5.52. The van der Waals surface area contributed by atoms with E-state index in [-0.39, 0.29) is 6.61 Å². The van der Waals surface area contributed by atoms with Gasteiger partial charge in [0.15, 0.2) is 6.61 Å². The normalized spacial score (nSPS) is 11.2. The Balaban J connectivity index is 1.51. The summed E-state index contributed by atoms with van der Waals surface area (Å²) in [7, 11) is 0. The van der Waals surface area contributed by atoms with Gasteiger partial charge in [-0.1, -0.05) is 37.7 Å². The first-order chi connectivity index (χ1) is 11.6. The van der Waals surface area contributed by atoms with E-state index < -0.39 is 0 Å². The minimum atomic E-state index is 0.269. The molecule has 0 amide bonds. The largest absolute Gasteiger partial charge is 0.484 e. The minimum Gasteiger partial charge on any atom is -0.484 e. The molecule has 5 nitrogen and oxygen atoms in total. The van der Waals surface area contributed by atoms with Crippen LogP contribution >= 0.6 is 23.1 Å². The van der Waals surface area contributed by atoms with Crippen molar-refractivity contribution in [1.82, 2.24) is 15.2 Å². The van der Waals surface area contributed by atoms with Crippen molar-refractivity contribution in [2.45, 2.75) is 44.3 Å². The third-order valence-electron chi connectivity index (χ3n) is 3.21. The highest BCUT2D eigenvalue weighted by Crippen LogP contribution is 2.25. The Morgan fingerprint density at radius 1 is 1.29 bits per heavy atom. The molecule has 2 heterocycles. The second-order valence-corrected chi connectivity index (χ2v) is 7.50. The summed E-state index contributed by atoms with van der Waals surface area (Å²) in [4.78, 5) is 4.60. The van der Waals surface area contributed by atoms with Gasteiger partial charge in [-0.25, -0.2) is 4.98 Å². The maximum Gasteiger partial charge on any atom is 0.277 e. The van der Waals surface area contributed by atoms with Gasteiger partial charge in [0.2, 0.25) is 0 Å². The molecule has 3 aromatic rings. The van der Waals surface area contributed by atoms with Crippen molar-refractivity contribution >= 4 is 23.1 Å². The first kappa shape index (κ1) is 17.0. The number of benzene rings is 1. The first-order valence-corrected chi connectivity index (χ1v) is 9.55. The molecule has 24 heavy (non-hydrogen) atoms. The quantitative estimate of drug-likeness (QED) is 0.562. The second-order valence-electron chi connectivity index (χ2n) is 5.69. The van der Waals surface area contributed by atoms with Gasteiger partial charge in [0, 0.05) is 17.1 Å². The van der Waals surface area contributed by atoms with Gasteiger partial charge in [-0.2, -0.15) is 0 Å². The number of hydrogen-bond acceptors (Lipinski definition) is 7. The van der Waals surface area contributed by atoms with Crippen molar-refractivity contribution in [3.05, 3.63) is 51.8 Å². The predicted octanol–water partition coefficient (Wildman–Crippen LogP) is 4.83. The average Bonchev–Trinajstić information content (AvgIpc) is 3.20. The van der Waals surface area contributed by atoms with E-state index in [9.17, 15) is 0 Å². The summed E-state index contributed by atoms with van der Waals surface area (Å²) in [5.41, 5.74) is 2.20. The standard InChI is InChI=1S/C17H19N3O2S2/c1-11(2)16-18-13(9-23-16)10-24-17-20-19-15(22-17)8-21-14-6-4-5-12(3)7-14/h4-7,9,11H,8,10H2,1-3H3. The van der Waals surface area contributed by atoms with Gasteiger partial charge in [-0.15, -0.1) is 21.5 Å². The number of thiazole rings is 1. The van der Waals surface area contributed by atoms with E-state index in [4.69, 9.17) is 9.15 Å². The Labute approximate surface area is 149 Å². The number of aromatic nitrogens is 3. The van der Waals surface area contributed by atoms with Gasteiger partial charge in [0.25, 0.3) is 11.1 Å². The van der Waals surface area contributed by atoms with Gasteiger partial charge in [-0.05, 0) is 24.6 Å². The Morgan fingerprint density at radius 3 is 2.92 bits per heavy atom. The SMILES string of the molecule is Cc1cccc(OCc2nnc(SCc3csc(C(C)C)n3)o2)c1. The van der Waals surface area contributed by atoms with Crippen molar-refractivity contribution in [2.75, 3.05) is 0 Å². The highest BCUT2D eigenvalue weighted by atomic mass is 32.2. The van der Waals surface area contributed by atoms with Gasteiger partial charge in [0.05, 0.1) is 10.7 Å². The molecule has 3 rings (SSSR count). The topological polar surface area (TPSA) is 61.0 Å². The molecular weight excluding hydrogens is 342 g/mol. The second kappa shape index (κ2) is 7.81. The number of nitrogens with zero attached hydrogens (tertiary/aromatic N) is 3. The molecule has 126 valence electrons. The van der Waals surface area contributed by atoms with E-state index in [0.717, 1.165) is 27.8 Å². The van der Waals surface area contributed by atoms with Crippen molar-refractivity contribution in [2.24, 2.45) is 0 Å². The molecule has 0 N–H and O–H groups in total. The van der Waals surface area contributed by atoms with E-state index in [1.165, 1.54) is 11.8 Å². The Morgan fingerprint density at radius 2 is 2.17 bits per heavy atom. The van der Waals surface area contributed by atoms with E-state index in [0.29, 0.717) is 17.0 Å². The van der Waals surface area contributed by atoms with Crippen LogP contribution in [0.3, 0.4) is 0 Å². The first-order valence-electron chi connectivity index (χ1n) is 7.69. The van der Waals surface area contributed by atoms with Crippen LogP contribution in [0.4, 0.5) is 0 Å². The molecule has 0 aliphatic heterocycles. The molecule has 0 bridgehead atoms. The summed E-state index contributed by atoms with van der Waals surface area (Å²) in [6.45, 7) is 6.59. The highest BCUT2D eigenvalue weighted by molar-refractivity contribution is 7.98. The van der Waals surface area contributed by atoms with Crippen LogP contribution in [-0.4, -0.2) is 15.2 Å². The van der Waals surface area contributed by atoms with E-state index >= 15 is 0 Å². The summed E-state index contributed by atoms with van der Waals surface area (Å²) in [6.07, 6.45) is 0. The fourth-order valence-electron chi connectivity index (χ4n) is 1.99. The van der Waals surface area contributed by atoms with Gasteiger partial charge in [-0.3, -0.25) is 0 Å². The van der Waals surface area contributed by atoms with Crippen LogP contribution in [0.15, 0.2) is 39.3 Å². The number of rotatable bonds is 7. The molecule has 0 aliphatic rings. The minimum absolute atomic E-state index is 0.269. The third kappa shape index (κ3) is 4.58. The van der Waals surface area contributed by atoms with Gasteiger partial charge >= 0.3 is 0 Å². The predicted molar refractivity (Wildman–Crippen MR) is 95.6 cm³/mol. The molecule has 0 fully saturated rings. The van der Waals surface area contributed by atoms with Crippen LogP contribution in [0.25, 0.3) is 0 Å². The van der Waals surface area contributed by atoms with Crippen LogP contribution in [0, 0.1) is 6.92 Å². The van der Waals surface area contributed by atoms with E-state index in [2.05, 4.69) is 34.4 Å². The van der Waals surface area contributed by atoms with Crippen LogP contribution in [0.5, 0.6) is 5.75 Å². The van der Waals surface area contributed by atoms with Gasteiger partial charge < -0.3 is 9.15 Å². The lowest BCUT2D eigenvalue weighted by atomic mass is 10.2. The maximum absolute atomic E-state index is 5.66. The molecule has 0 radical (unpaired) electrons. The molecule has 0 saturated carbocycles. The van der Waals surface area contributed by atoms with Crippen LogP contribution < -0.4 is 4.74 Å². The average molecular weight is 361 g/mol. The van der Waals surface area contributed by atoms with Crippen molar-refractivity contribution < 1.29 is 9.15 Å². The molecule has 0 saturated heterocycles. The molecular formula is C17H19N3O2S2. The molecule has 0 atom stereocenters. The third-order valence-corrected chi connectivity index (χ3v) is 5.25. The molecule has 7 heteroatoms. The summed E-state index contributed by atoms with van der Waals surface area (Å²) in [5, 5.41) is 11.8. The van der Waals surface area contributed by atoms with Crippen LogP contribution in [0.1, 0.15) is 41.9 Å². The molecule has 2 aromatic heterocycles.